The number of carbonyl (C=O) groups is 3. The maximum Gasteiger partial charge on any atom is 0.241 e. The number of nitrogens with zero attached hydrogens (tertiary/aromatic N) is 1. The number of Topliss-reactive ketones (excluding diaryl/α,β-unsaturated/α-hetero) is 1. The number of ketones is 1. The van der Waals surface area contributed by atoms with Crippen LogP contribution in [0.1, 0.15) is 28.4 Å². The van der Waals surface area contributed by atoms with Crippen molar-refractivity contribution in [1.82, 2.24) is 0 Å². The molecule has 2 N–H and O–H groups in total. The van der Waals surface area contributed by atoms with Crippen molar-refractivity contribution in [1.29, 1.82) is 0 Å². The van der Waals surface area contributed by atoms with Crippen LogP contribution in [0.3, 0.4) is 0 Å². The lowest BCUT2D eigenvalue weighted by molar-refractivity contribution is -0.116. The van der Waals surface area contributed by atoms with Gasteiger partial charge in [-0.3, -0.25) is 19.3 Å². The zero-order valence-corrected chi connectivity index (χ0v) is 14.9. The van der Waals surface area contributed by atoms with Gasteiger partial charge >= 0.3 is 0 Å². The highest BCUT2D eigenvalue weighted by atomic mass is 16.5. The second-order valence-corrected chi connectivity index (χ2v) is 5.97. The predicted molar refractivity (Wildman–Crippen MR) is 103 cm³/mol. The summed E-state index contributed by atoms with van der Waals surface area (Å²) in [6.07, 6.45) is 4.44. The Morgan fingerprint density at radius 1 is 1.15 bits per heavy atom. The third-order valence-corrected chi connectivity index (χ3v) is 4.17. The standard InChI is InChI=1S/C21H18N2O4/c1-13(24)23-17-6-4-3-5-16(17)21(26)18(23)11-14-7-8-15(9-10-20(22)25)19(12-14)27-2/h3-12H,1-2H3,(H2,22,25)/b10-9+,18-11-. The van der Waals surface area contributed by atoms with Crippen LogP contribution in [0.25, 0.3) is 12.2 Å². The molecular formula is C21H18N2O4. The number of primary amides is 1. The first kappa shape index (κ1) is 18.1. The molecule has 0 fully saturated rings. The molecule has 0 radical (unpaired) electrons. The molecule has 0 spiro atoms. The van der Waals surface area contributed by atoms with Crippen molar-refractivity contribution in [3.63, 3.8) is 0 Å². The van der Waals surface area contributed by atoms with Crippen molar-refractivity contribution in [2.24, 2.45) is 5.73 Å². The van der Waals surface area contributed by atoms with Crippen molar-refractivity contribution in [2.75, 3.05) is 12.0 Å². The molecule has 2 aromatic carbocycles. The number of hydrogen-bond acceptors (Lipinski definition) is 4. The highest BCUT2D eigenvalue weighted by molar-refractivity contribution is 6.26. The Balaban J connectivity index is 2.05. The molecule has 1 aliphatic rings. The fourth-order valence-corrected chi connectivity index (χ4v) is 2.98. The van der Waals surface area contributed by atoms with Gasteiger partial charge in [-0.1, -0.05) is 24.3 Å². The van der Waals surface area contributed by atoms with Crippen molar-refractivity contribution < 1.29 is 19.1 Å². The van der Waals surface area contributed by atoms with E-state index in [-0.39, 0.29) is 17.4 Å². The smallest absolute Gasteiger partial charge is 0.241 e. The van der Waals surface area contributed by atoms with E-state index in [1.54, 1.807) is 54.6 Å². The van der Waals surface area contributed by atoms with Gasteiger partial charge in [0.05, 0.1) is 18.5 Å². The number of carbonyl (C=O) groups excluding carboxylic acids is 3. The Bertz CT molecular complexity index is 1000. The Morgan fingerprint density at radius 3 is 2.56 bits per heavy atom. The van der Waals surface area contributed by atoms with Crippen LogP contribution in [0.15, 0.2) is 54.2 Å². The Hall–Kier alpha value is -3.67. The highest BCUT2D eigenvalue weighted by Gasteiger charge is 2.34. The van der Waals surface area contributed by atoms with Gasteiger partial charge in [0.1, 0.15) is 5.75 Å². The predicted octanol–water partition coefficient (Wildman–Crippen LogP) is 2.78. The number of nitrogens with two attached hydrogens (primary N) is 1. The molecule has 0 atom stereocenters. The van der Waals surface area contributed by atoms with Crippen molar-refractivity contribution in [2.45, 2.75) is 6.92 Å². The molecule has 136 valence electrons. The Kier molecular flexibility index (Phi) is 4.90. The topological polar surface area (TPSA) is 89.7 Å². The van der Waals surface area contributed by atoms with Gasteiger partial charge in [0.25, 0.3) is 0 Å². The SMILES string of the molecule is COc1cc(/C=C2/C(=O)c3ccccc3N2C(C)=O)ccc1/C=C/C(N)=O. The fourth-order valence-electron chi connectivity index (χ4n) is 2.98. The number of amides is 2. The molecule has 0 aliphatic carbocycles. The summed E-state index contributed by atoms with van der Waals surface area (Å²) in [6.45, 7) is 1.42. The second kappa shape index (κ2) is 7.29. The number of para-hydroxylation sites is 1. The van der Waals surface area contributed by atoms with Gasteiger partial charge in [-0.2, -0.15) is 0 Å². The number of methoxy groups -OCH3 is 1. The number of benzene rings is 2. The summed E-state index contributed by atoms with van der Waals surface area (Å²) >= 11 is 0. The molecule has 0 aromatic heterocycles. The number of hydrogen-bond donors (Lipinski definition) is 1. The summed E-state index contributed by atoms with van der Waals surface area (Å²) in [5.41, 5.74) is 7.83. The monoisotopic (exact) mass is 362 g/mol. The first-order chi connectivity index (χ1) is 12.9. The molecule has 2 aromatic rings. The summed E-state index contributed by atoms with van der Waals surface area (Å²) in [5, 5.41) is 0. The van der Waals surface area contributed by atoms with E-state index in [1.165, 1.54) is 25.0 Å². The van der Waals surface area contributed by atoms with E-state index in [9.17, 15) is 14.4 Å². The molecule has 27 heavy (non-hydrogen) atoms. The minimum Gasteiger partial charge on any atom is -0.496 e. The lowest BCUT2D eigenvalue weighted by Gasteiger charge is -2.16. The van der Waals surface area contributed by atoms with Crippen LogP contribution in [0.4, 0.5) is 5.69 Å². The molecule has 0 unspecified atom stereocenters. The van der Waals surface area contributed by atoms with Gasteiger partial charge in [0, 0.05) is 24.1 Å². The van der Waals surface area contributed by atoms with Crippen LogP contribution in [-0.2, 0) is 9.59 Å². The maximum absolute atomic E-state index is 12.8. The van der Waals surface area contributed by atoms with Crippen molar-refractivity contribution in [3.8, 4) is 5.75 Å². The van der Waals surface area contributed by atoms with Crippen LogP contribution in [0, 0.1) is 0 Å². The summed E-state index contributed by atoms with van der Waals surface area (Å²) < 4.78 is 5.35. The zero-order valence-electron chi connectivity index (χ0n) is 14.9. The van der Waals surface area contributed by atoms with Gasteiger partial charge in [-0.15, -0.1) is 0 Å². The zero-order chi connectivity index (χ0) is 19.6. The molecule has 6 heteroatoms. The van der Waals surface area contributed by atoms with Crippen LogP contribution in [0.5, 0.6) is 5.75 Å². The molecule has 1 aliphatic heterocycles. The highest BCUT2D eigenvalue weighted by Crippen LogP contribution is 2.35. The molecule has 1 heterocycles. The van der Waals surface area contributed by atoms with E-state index < -0.39 is 5.91 Å². The normalized spacial score (nSPS) is 14.7. The van der Waals surface area contributed by atoms with Gasteiger partial charge in [0.2, 0.25) is 17.6 Å². The third-order valence-electron chi connectivity index (χ3n) is 4.17. The first-order valence-corrected chi connectivity index (χ1v) is 8.24. The Morgan fingerprint density at radius 2 is 1.89 bits per heavy atom. The average molecular weight is 362 g/mol. The molecule has 0 saturated heterocycles. The first-order valence-electron chi connectivity index (χ1n) is 8.24. The largest absolute Gasteiger partial charge is 0.496 e. The minimum atomic E-state index is -0.560. The summed E-state index contributed by atoms with van der Waals surface area (Å²) in [5.74, 6) is -0.501. The number of fused-ring (bicyclic) bond motifs is 1. The van der Waals surface area contributed by atoms with E-state index in [4.69, 9.17) is 10.5 Å². The average Bonchev–Trinajstić information content (AvgIpc) is 2.93. The van der Waals surface area contributed by atoms with Crippen LogP contribution in [-0.4, -0.2) is 24.7 Å². The number of ether oxygens (including phenoxy) is 1. The van der Waals surface area contributed by atoms with E-state index >= 15 is 0 Å². The Labute approximate surface area is 156 Å². The molecule has 3 rings (SSSR count). The van der Waals surface area contributed by atoms with Crippen molar-refractivity contribution >= 4 is 35.4 Å². The second-order valence-electron chi connectivity index (χ2n) is 5.97. The number of anilines is 1. The molecule has 6 nitrogen and oxygen atoms in total. The van der Waals surface area contributed by atoms with Gasteiger partial charge in [-0.25, -0.2) is 0 Å². The van der Waals surface area contributed by atoms with E-state index in [0.29, 0.717) is 28.1 Å². The summed E-state index contributed by atoms with van der Waals surface area (Å²) in [6, 6.07) is 12.2. The van der Waals surface area contributed by atoms with Gasteiger partial charge in [-0.05, 0) is 35.9 Å². The van der Waals surface area contributed by atoms with E-state index in [2.05, 4.69) is 0 Å². The van der Waals surface area contributed by atoms with E-state index in [0.717, 1.165) is 0 Å². The lowest BCUT2D eigenvalue weighted by atomic mass is 10.1. The number of allylic oxidation sites excluding steroid dienone is 1. The van der Waals surface area contributed by atoms with Crippen LogP contribution < -0.4 is 15.4 Å². The van der Waals surface area contributed by atoms with Crippen LogP contribution in [0.2, 0.25) is 0 Å². The minimum absolute atomic E-state index is 0.211. The quantitative estimate of drug-likeness (QED) is 0.847. The summed E-state index contributed by atoms with van der Waals surface area (Å²) in [4.78, 5) is 37.2. The van der Waals surface area contributed by atoms with Crippen molar-refractivity contribution in [3.05, 3.63) is 70.9 Å². The maximum atomic E-state index is 12.8. The molecule has 0 bridgehead atoms. The molecule has 2 amide bonds. The summed E-state index contributed by atoms with van der Waals surface area (Å²) in [7, 11) is 1.51. The molecule has 0 saturated carbocycles. The van der Waals surface area contributed by atoms with Gasteiger partial charge in [0.15, 0.2) is 0 Å². The molecular weight excluding hydrogens is 344 g/mol. The van der Waals surface area contributed by atoms with Gasteiger partial charge < -0.3 is 10.5 Å². The van der Waals surface area contributed by atoms with E-state index in [1.807, 2.05) is 0 Å². The third kappa shape index (κ3) is 3.50. The van der Waals surface area contributed by atoms with Crippen LogP contribution >= 0.6 is 0 Å². The number of rotatable bonds is 4. The fraction of sp³-hybridized carbons (Fsp3) is 0.0952. The lowest BCUT2D eigenvalue weighted by Crippen LogP contribution is -2.25.